The summed E-state index contributed by atoms with van der Waals surface area (Å²) < 4.78 is 5.56. The van der Waals surface area contributed by atoms with E-state index in [0.717, 1.165) is 11.3 Å². The van der Waals surface area contributed by atoms with E-state index in [2.05, 4.69) is 4.90 Å². The van der Waals surface area contributed by atoms with Crippen molar-refractivity contribution in [2.75, 3.05) is 31.1 Å². The first-order valence-electron chi connectivity index (χ1n) is 8.00. The van der Waals surface area contributed by atoms with Crippen LogP contribution in [0.5, 0.6) is 0 Å². The minimum Gasteiger partial charge on any atom is -0.453 e. The largest absolute Gasteiger partial charge is 0.453 e. The van der Waals surface area contributed by atoms with E-state index >= 15 is 0 Å². The Morgan fingerprint density at radius 2 is 1.96 bits per heavy atom. The number of piperazine rings is 1. The molecule has 0 unspecified atom stereocenters. The van der Waals surface area contributed by atoms with Gasteiger partial charge in [0.15, 0.2) is 12.0 Å². The smallest absolute Gasteiger partial charge is 0.222 e. The number of rotatable bonds is 4. The number of para-hydroxylation sites is 1. The van der Waals surface area contributed by atoms with Crippen molar-refractivity contribution in [3.05, 3.63) is 41.1 Å². The second kappa shape index (κ2) is 7.09. The molecule has 1 amide bonds. The standard InChI is InChI=1S/C18H19ClN2O3/c1-2-17(23)20-8-10-21(11-9-20)18-14(4-3-5-15(18)19)16-7-6-13(12-22)24-16/h3-7,12H,2,8-11H2,1H3. The van der Waals surface area contributed by atoms with Gasteiger partial charge in [-0.1, -0.05) is 24.6 Å². The highest BCUT2D eigenvalue weighted by molar-refractivity contribution is 6.34. The monoisotopic (exact) mass is 346 g/mol. The molecule has 2 aromatic rings. The summed E-state index contributed by atoms with van der Waals surface area (Å²) in [5, 5.41) is 0.631. The Morgan fingerprint density at radius 3 is 2.58 bits per heavy atom. The molecule has 1 aromatic heterocycles. The van der Waals surface area contributed by atoms with Crippen molar-refractivity contribution in [2.24, 2.45) is 0 Å². The van der Waals surface area contributed by atoms with Crippen LogP contribution in [-0.4, -0.2) is 43.3 Å². The van der Waals surface area contributed by atoms with Crippen molar-refractivity contribution >= 4 is 29.5 Å². The maximum absolute atomic E-state index is 11.8. The van der Waals surface area contributed by atoms with Crippen LogP contribution in [0.1, 0.15) is 23.9 Å². The van der Waals surface area contributed by atoms with Crippen molar-refractivity contribution in [1.82, 2.24) is 4.90 Å². The molecule has 0 spiro atoms. The third-order valence-electron chi connectivity index (χ3n) is 4.25. The minimum atomic E-state index is 0.177. The van der Waals surface area contributed by atoms with E-state index in [4.69, 9.17) is 16.0 Å². The Balaban J connectivity index is 1.88. The quantitative estimate of drug-likeness (QED) is 0.795. The molecule has 6 heteroatoms. The van der Waals surface area contributed by atoms with Crippen LogP contribution in [0, 0.1) is 0 Å². The molecule has 1 fully saturated rings. The number of hydrogen-bond donors (Lipinski definition) is 0. The van der Waals surface area contributed by atoms with Gasteiger partial charge in [-0.15, -0.1) is 0 Å². The first-order chi connectivity index (χ1) is 11.6. The molecule has 1 saturated heterocycles. The van der Waals surface area contributed by atoms with E-state index in [1.165, 1.54) is 0 Å². The lowest BCUT2D eigenvalue weighted by Gasteiger charge is -2.37. The van der Waals surface area contributed by atoms with Crippen LogP contribution >= 0.6 is 11.6 Å². The topological polar surface area (TPSA) is 53.8 Å². The second-order valence-corrected chi connectivity index (χ2v) is 6.08. The summed E-state index contributed by atoms with van der Waals surface area (Å²) in [6.45, 7) is 4.65. The maximum atomic E-state index is 11.8. The third kappa shape index (κ3) is 3.17. The van der Waals surface area contributed by atoms with Gasteiger partial charge in [0.2, 0.25) is 5.91 Å². The van der Waals surface area contributed by atoms with E-state index in [0.29, 0.717) is 49.7 Å². The van der Waals surface area contributed by atoms with Gasteiger partial charge in [0.25, 0.3) is 0 Å². The Bertz CT molecular complexity index is 748. The zero-order valence-electron chi connectivity index (χ0n) is 13.5. The zero-order chi connectivity index (χ0) is 17.1. The van der Waals surface area contributed by atoms with Crippen molar-refractivity contribution in [3.63, 3.8) is 0 Å². The van der Waals surface area contributed by atoms with Crippen LogP contribution in [0.25, 0.3) is 11.3 Å². The van der Waals surface area contributed by atoms with E-state index in [1.54, 1.807) is 12.1 Å². The lowest BCUT2D eigenvalue weighted by atomic mass is 10.1. The fraction of sp³-hybridized carbons (Fsp3) is 0.333. The molecule has 5 nitrogen and oxygen atoms in total. The lowest BCUT2D eigenvalue weighted by Crippen LogP contribution is -2.48. The highest BCUT2D eigenvalue weighted by atomic mass is 35.5. The summed E-state index contributed by atoms with van der Waals surface area (Å²) in [7, 11) is 0. The van der Waals surface area contributed by atoms with Crippen LogP contribution in [0.4, 0.5) is 5.69 Å². The number of aldehydes is 1. The van der Waals surface area contributed by atoms with E-state index in [9.17, 15) is 9.59 Å². The van der Waals surface area contributed by atoms with Crippen LogP contribution < -0.4 is 4.90 Å². The minimum absolute atomic E-state index is 0.177. The van der Waals surface area contributed by atoms with Crippen molar-refractivity contribution in [1.29, 1.82) is 0 Å². The Hall–Kier alpha value is -2.27. The highest BCUT2D eigenvalue weighted by Crippen LogP contribution is 2.38. The molecular weight excluding hydrogens is 328 g/mol. The fourth-order valence-electron chi connectivity index (χ4n) is 3.00. The molecule has 126 valence electrons. The molecule has 0 atom stereocenters. The average molecular weight is 347 g/mol. The molecule has 0 saturated carbocycles. The first-order valence-corrected chi connectivity index (χ1v) is 8.38. The number of halogens is 1. The molecule has 3 rings (SSSR count). The zero-order valence-corrected chi connectivity index (χ0v) is 14.3. The summed E-state index contributed by atoms with van der Waals surface area (Å²) in [6.07, 6.45) is 1.21. The predicted molar refractivity (Wildman–Crippen MR) is 93.6 cm³/mol. The number of hydrogen-bond acceptors (Lipinski definition) is 4. The number of carbonyl (C=O) groups excluding carboxylic acids is 2. The number of amides is 1. The van der Waals surface area contributed by atoms with Gasteiger partial charge >= 0.3 is 0 Å². The summed E-state index contributed by atoms with van der Waals surface area (Å²) >= 11 is 6.45. The third-order valence-corrected chi connectivity index (χ3v) is 4.55. The van der Waals surface area contributed by atoms with Crippen molar-refractivity contribution in [2.45, 2.75) is 13.3 Å². The molecular formula is C18H19ClN2O3. The number of furan rings is 1. The van der Waals surface area contributed by atoms with Crippen LogP contribution in [0.3, 0.4) is 0 Å². The Labute approximate surface area is 145 Å². The van der Waals surface area contributed by atoms with Gasteiger partial charge in [-0.25, -0.2) is 0 Å². The Morgan fingerprint density at radius 1 is 1.21 bits per heavy atom. The predicted octanol–water partition coefficient (Wildman–Crippen LogP) is 3.47. The number of anilines is 1. The molecule has 1 aromatic carbocycles. The van der Waals surface area contributed by atoms with Gasteiger partial charge in [0, 0.05) is 38.2 Å². The SMILES string of the molecule is CCC(=O)N1CCN(c2c(Cl)cccc2-c2ccc(C=O)o2)CC1. The summed E-state index contributed by atoms with van der Waals surface area (Å²) in [5.74, 6) is 1.08. The molecule has 24 heavy (non-hydrogen) atoms. The molecule has 0 radical (unpaired) electrons. The molecule has 0 aliphatic carbocycles. The maximum Gasteiger partial charge on any atom is 0.222 e. The molecule has 1 aliphatic rings. The van der Waals surface area contributed by atoms with E-state index in [-0.39, 0.29) is 11.7 Å². The highest BCUT2D eigenvalue weighted by Gasteiger charge is 2.24. The lowest BCUT2D eigenvalue weighted by molar-refractivity contribution is -0.131. The van der Waals surface area contributed by atoms with E-state index in [1.807, 2.05) is 30.0 Å². The van der Waals surface area contributed by atoms with Crippen molar-refractivity contribution in [3.8, 4) is 11.3 Å². The van der Waals surface area contributed by atoms with Gasteiger partial charge in [0.1, 0.15) is 5.76 Å². The van der Waals surface area contributed by atoms with Crippen molar-refractivity contribution < 1.29 is 14.0 Å². The Kier molecular flexibility index (Phi) is 4.90. The van der Waals surface area contributed by atoms with Crippen LogP contribution in [0.15, 0.2) is 34.7 Å². The number of carbonyl (C=O) groups is 2. The molecule has 1 aliphatic heterocycles. The molecule has 0 bridgehead atoms. The van der Waals surface area contributed by atoms with Gasteiger partial charge in [-0.2, -0.15) is 0 Å². The van der Waals surface area contributed by atoms with Gasteiger partial charge in [-0.3, -0.25) is 9.59 Å². The number of nitrogens with zero attached hydrogens (tertiary/aromatic N) is 2. The number of benzene rings is 1. The van der Waals surface area contributed by atoms with Crippen LogP contribution in [0.2, 0.25) is 5.02 Å². The fourth-order valence-corrected chi connectivity index (χ4v) is 3.29. The molecule has 2 heterocycles. The van der Waals surface area contributed by atoms with Gasteiger partial charge < -0.3 is 14.2 Å². The van der Waals surface area contributed by atoms with E-state index < -0.39 is 0 Å². The average Bonchev–Trinajstić information content (AvgIpc) is 3.10. The van der Waals surface area contributed by atoms with Gasteiger partial charge in [-0.05, 0) is 24.3 Å². The first kappa shape index (κ1) is 16.6. The molecule has 0 N–H and O–H groups in total. The van der Waals surface area contributed by atoms with Gasteiger partial charge in [0.05, 0.1) is 10.7 Å². The summed E-state index contributed by atoms with van der Waals surface area (Å²) in [5.41, 5.74) is 1.74. The summed E-state index contributed by atoms with van der Waals surface area (Å²) in [6, 6.07) is 9.05. The van der Waals surface area contributed by atoms with Crippen LogP contribution in [-0.2, 0) is 4.79 Å². The second-order valence-electron chi connectivity index (χ2n) is 5.68. The summed E-state index contributed by atoms with van der Waals surface area (Å²) in [4.78, 5) is 26.7. The normalized spacial score (nSPS) is 14.8.